The first-order valence-electron chi connectivity index (χ1n) is 12.8. The van der Waals surface area contributed by atoms with Gasteiger partial charge in [0.1, 0.15) is 23.1 Å². The molecule has 1 atom stereocenters. The third-order valence-corrected chi connectivity index (χ3v) is 8.15. The van der Waals surface area contributed by atoms with Gasteiger partial charge in [-0.25, -0.2) is 31.5 Å². The number of anilines is 1. The summed E-state index contributed by atoms with van der Waals surface area (Å²) in [5.74, 6) is -1.97. The Morgan fingerprint density at radius 1 is 1.12 bits per heavy atom. The van der Waals surface area contributed by atoms with Crippen molar-refractivity contribution in [3.05, 3.63) is 89.4 Å². The highest BCUT2D eigenvalue weighted by molar-refractivity contribution is 7.90. The Morgan fingerprint density at radius 2 is 1.83 bits per heavy atom. The molecule has 0 aliphatic carbocycles. The number of hydrogen-bond donors (Lipinski definition) is 0. The van der Waals surface area contributed by atoms with Gasteiger partial charge in [-0.3, -0.25) is 4.79 Å². The number of carbonyl (C=O) groups is 1. The molecule has 1 aliphatic rings. The highest BCUT2D eigenvalue weighted by atomic mass is 32.2. The minimum absolute atomic E-state index is 0.0170. The maximum Gasteiger partial charge on any atom is 0.355 e. The van der Waals surface area contributed by atoms with Crippen LogP contribution < -0.4 is 10.6 Å². The summed E-state index contributed by atoms with van der Waals surface area (Å²) in [6, 6.07) is 13.7. The number of sulfone groups is 1. The second kappa shape index (κ2) is 11.1. The van der Waals surface area contributed by atoms with Crippen LogP contribution in [0.15, 0.2) is 76.9 Å². The van der Waals surface area contributed by atoms with Gasteiger partial charge in [0.05, 0.1) is 34.5 Å². The van der Waals surface area contributed by atoms with Gasteiger partial charge in [0.2, 0.25) is 5.91 Å². The number of carbonyl (C=O) groups excluding carboxylic acids is 1. The predicted octanol–water partition coefficient (Wildman–Crippen LogP) is 3.25. The van der Waals surface area contributed by atoms with Crippen LogP contribution in [0.5, 0.6) is 0 Å². The van der Waals surface area contributed by atoms with Crippen molar-refractivity contribution in [2.24, 2.45) is 0 Å². The van der Waals surface area contributed by atoms with Crippen LogP contribution >= 0.6 is 0 Å². The largest absolute Gasteiger partial charge is 0.355 e. The summed E-state index contributed by atoms with van der Waals surface area (Å²) in [4.78, 5) is 37.7. The Morgan fingerprint density at radius 3 is 2.52 bits per heavy atom. The Kier molecular flexibility index (Phi) is 7.57. The number of fused-ring (bicyclic) bond motifs is 1. The molecular weight excluding hydrogens is 566 g/mol. The van der Waals surface area contributed by atoms with Gasteiger partial charge in [0.25, 0.3) is 0 Å². The second-order valence-corrected chi connectivity index (χ2v) is 11.6. The predicted molar refractivity (Wildman–Crippen MR) is 152 cm³/mol. The summed E-state index contributed by atoms with van der Waals surface area (Å²) >= 11 is 0. The highest BCUT2D eigenvalue weighted by Crippen LogP contribution is 2.33. The van der Waals surface area contributed by atoms with Crippen molar-refractivity contribution in [2.75, 3.05) is 30.8 Å². The number of para-hydroxylation sites is 1. The number of halogens is 2. The maximum absolute atomic E-state index is 15.7. The summed E-state index contributed by atoms with van der Waals surface area (Å²) < 4.78 is 56.7. The van der Waals surface area contributed by atoms with Gasteiger partial charge in [-0.1, -0.05) is 30.8 Å². The van der Waals surface area contributed by atoms with E-state index in [1.165, 1.54) is 47.4 Å². The monoisotopic (exact) mass is 590 g/mol. The molecule has 5 rings (SSSR count). The molecule has 4 aromatic rings. The van der Waals surface area contributed by atoms with Crippen LogP contribution in [0.25, 0.3) is 28.0 Å². The van der Waals surface area contributed by atoms with Crippen molar-refractivity contribution in [3.63, 3.8) is 0 Å². The van der Waals surface area contributed by atoms with Crippen LogP contribution in [0, 0.1) is 23.0 Å². The Labute approximate surface area is 239 Å². The summed E-state index contributed by atoms with van der Waals surface area (Å²) in [5.41, 5.74) is -1.66. The third kappa shape index (κ3) is 5.12. The minimum atomic E-state index is -3.84. The Hall–Kier alpha value is -4.96. The normalized spacial score (nSPS) is 15.4. The SMILES string of the molecule is C=CC(=O)N1CCN(c2nc(=O)n(-c3ccccc3S(C)(=O)=O)c3nc(-c4ccccc4F)c(F)cc23)CC1CC#N. The molecule has 0 saturated carbocycles. The van der Waals surface area contributed by atoms with Crippen molar-refractivity contribution < 1.29 is 22.0 Å². The quantitative estimate of drug-likeness (QED) is 0.313. The lowest BCUT2D eigenvalue weighted by Crippen LogP contribution is -2.55. The zero-order valence-electron chi connectivity index (χ0n) is 22.4. The standard InChI is InChI=1S/C29H24F2N6O4S/c1-3-25(38)36-15-14-35(17-18(36)12-13-32)27-20-16-22(31)26(19-8-4-5-9-21(19)30)33-28(20)37(29(39)34-27)23-10-6-7-11-24(23)42(2,40)41/h3-11,16,18H,1,12,14-15,17H2,2H3. The molecule has 0 bridgehead atoms. The number of benzene rings is 2. The molecule has 0 radical (unpaired) electrons. The summed E-state index contributed by atoms with van der Waals surface area (Å²) in [5, 5.41) is 9.43. The average Bonchev–Trinajstić information content (AvgIpc) is 2.96. The molecule has 1 fully saturated rings. The van der Waals surface area contributed by atoms with Crippen molar-refractivity contribution in [1.82, 2.24) is 19.4 Å². The molecule has 10 nitrogen and oxygen atoms in total. The van der Waals surface area contributed by atoms with E-state index in [4.69, 9.17) is 0 Å². The van der Waals surface area contributed by atoms with Crippen LogP contribution in [0.1, 0.15) is 6.42 Å². The maximum atomic E-state index is 15.7. The molecule has 2 aromatic carbocycles. The van der Waals surface area contributed by atoms with Crippen LogP contribution in [-0.2, 0) is 14.6 Å². The first-order chi connectivity index (χ1) is 20.0. The van der Waals surface area contributed by atoms with E-state index in [-0.39, 0.29) is 70.7 Å². The van der Waals surface area contributed by atoms with Gasteiger partial charge in [-0.05, 0) is 36.4 Å². The van der Waals surface area contributed by atoms with Crippen molar-refractivity contribution >= 4 is 32.6 Å². The molecule has 2 aromatic heterocycles. The molecule has 1 amide bonds. The second-order valence-electron chi connectivity index (χ2n) is 9.66. The van der Waals surface area contributed by atoms with E-state index < -0.39 is 33.2 Å². The van der Waals surface area contributed by atoms with E-state index in [1.807, 2.05) is 0 Å². The van der Waals surface area contributed by atoms with E-state index in [0.717, 1.165) is 29.0 Å². The molecule has 1 aliphatic heterocycles. The van der Waals surface area contributed by atoms with E-state index in [9.17, 15) is 27.7 Å². The first kappa shape index (κ1) is 28.6. The fourth-order valence-electron chi connectivity index (χ4n) is 5.10. The Bertz CT molecular complexity index is 1950. The van der Waals surface area contributed by atoms with E-state index in [2.05, 4.69) is 22.6 Å². The number of hydrogen-bond acceptors (Lipinski definition) is 8. The number of nitriles is 1. The van der Waals surface area contributed by atoms with Crippen LogP contribution in [0.2, 0.25) is 0 Å². The number of pyridine rings is 1. The van der Waals surface area contributed by atoms with Crippen molar-refractivity contribution in [2.45, 2.75) is 17.4 Å². The molecular formula is C29H24F2N6O4S. The molecule has 0 spiro atoms. The number of nitrogens with zero attached hydrogens (tertiary/aromatic N) is 6. The smallest absolute Gasteiger partial charge is 0.352 e. The molecule has 214 valence electrons. The van der Waals surface area contributed by atoms with Crippen LogP contribution in [0.3, 0.4) is 0 Å². The van der Waals surface area contributed by atoms with Gasteiger partial charge < -0.3 is 9.80 Å². The van der Waals surface area contributed by atoms with Crippen molar-refractivity contribution in [1.29, 1.82) is 5.26 Å². The van der Waals surface area contributed by atoms with Crippen LogP contribution in [-0.4, -0.2) is 65.7 Å². The average molecular weight is 591 g/mol. The minimum Gasteiger partial charge on any atom is -0.352 e. The number of amides is 1. The van der Waals surface area contributed by atoms with E-state index in [1.54, 1.807) is 4.90 Å². The third-order valence-electron chi connectivity index (χ3n) is 7.00. The molecule has 42 heavy (non-hydrogen) atoms. The van der Waals surface area contributed by atoms with Gasteiger partial charge >= 0.3 is 5.69 Å². The van der Waals surface area contributed by atoms with Gasteiger partial charge in [-0.15, -0.1) is 0 Å². The number of aromatic nitrogens is 3. The fourth-order valence-corrected chi connectivity index (χ4v) is 5.96. The van der Waals surface area contributed by atoms with Crippen molar-refractivity contribution in [3.8, 4) is 23.0 Å². The van der Waals surface area contributed by atoms with E-state index in [0.29, 0.717) is 0 Å². The zero-order valence-corrected chi connectivity index (χ0v) is 23.2. The zero-order chi connectivity index (χ0) is 30.2. The Balaban J connectivity index is 1.80. The lowest BCUT2D eigenvalue weighted by molar-refractivity contribution is -0.128. The number of piperazine rings is 1. The first-order valence-corrected chi connectivity index (χ1v) is 14.7. The fraction of sp³-hybridized carbons (Fsp3) is 0.207. The molecule has 13 heteroatoms. The lowest BCUT2D eigenvalue weighted by Gasteiger charge is -2.41. The van der Waals surface area contributed by atoms with Gasteiger partial charge in [-0.2, -0.15) is 10.2 Å². The van der Waals surface area contributed by atoms with E-state index >= 15 is 4.39 Å². The molecule has 3 heterocycles. The lowest BCUT2D eigenvalue weighted by atomic mass is 10.1. The van der Waals surface area contributed by atoms with Gasteiger partial charge in [0.15, 0.2) is 15.5 Å². The molecule has 1 saturated heterocycles. The topological polar surface area (TPSA) is 129 Å². The molecule has 0 N–H and O–H groups in total. The summed E-state index contributed by atoms with van der Waals surface area (Å²) in [6.45, 7) is 3.96. The summed E-state index contributed by atoms with van der Waals surface area (Å²) in [6.07, 6.45) is 2.12. The molecule has 1 unspecified atom stereocenters. The van der Waals surface area contributed by atoms with Crippen LogP contribution in [0.4, 0.5) is 14.6 Å². The highest BCUT2D eigenvalue weighted by Gasteiger charge is 2.32. The van der Waals surface area contributed by atoms with Gasteiger partial charge in [0, 0.05) is 31.5 Å². The number of rotatable bonds is 6. The summed E-state index contributed by atoms with van der Waals surface area (Å²) in [7, 11) is -3.84.